The van der Waals surface area contributed by atoms with Gasteiger partial charge >= 0.3 is 10.8 Å². The molecule has 2 aromatic carbocycles. The minimum absolute atomic E-state index is 0.220. The van der Waals surface area contributed by atoms with Crippen molar-refractivity contribution in [1.29, 1.82) is 0 Å². The van der Waals surface area contributed by atoms with Crippen LogP contribution >= 0.6 is 23.1 Å². The summed E-state index contributed by atoms with van der Waals surface area (Å²) in [6, 6.07) is 13.5. The molecule has 2 aliphatic heterocycles. The van der Waals surface area contributed by atoms with Crippen LogP contribution in [0.1, 0.15) is 33.6 Å². The largest absolute Gasteiger partial charge is 0.497 e. The van der Waals surface area contributed by atoms with Crippen LogP contribution in [0.4, 0.5) is 5.69 Å². The van der Waals surface area contributed by atoms with E-state index in [1.54, 1.807) is 38.3 Å². The Labute approximate surface area is 202 Å². The van der Waals surface area contributed by atoms with Gasteiger partial charge in [-0.05, 0) is 48.9 Å². The summed E-state index contributed by atoms with van der Waals surface area (Å²) < 4.78 is 10.3. The van der Waals surface area contributed by atoms with Gasteiger partial charge in [0.2, 0.25) is 11.8 Å². The Morgan fingerprint density at radius 1 is 1.03 bits per heavy atom. The van der Waals surface area contributed by atoms with E-state index in [2.05, 4.69) is 4.98 Å². The van der Waals surface area contributed by atoms with Crippen molar-refractivity contribution in [2.45, 2.75) is 23.1 Å². The molecule has 1 fully saturated rings. The Bertz CT molecular complexity index is 1330. The number of H-pyrrole nitrogens is 1. The maximum Gasteiger partial charge on any atom is 0.338 e. The molecule has 3 aromatic rings. The van der Waals surface area contributed by atoms with E-state index < -0.39 is 23.1 Å². The number of carbonyl (C=O) groups excluding carboxylic acids is 3. The molecular formula is C24H20N2O6S2. The van der Waals surface area contributed by atoms with Crippen LogP contribution in [0, 0.1) is 5.92 Å². The predicted octanol–water partition coefficient (Wildman–Crippen LogP) is 3.42. The van der Waals surface area contributed by atoms with Crippen molar-refractivity contribution < 1.29 is 23.9 Å². The molecule has 3 heterocycles. The van der Waals surface area contributed by atoms with Crippen molar-refractivity contribution in [3.05, 3.63) is 74.2 Å². The first-order chi connectivity index (χ1) is 16.4. The fourth-order valence-electron chi connectivity index (χ4n) is 4.40. The number of nitrogens with one attached hydrogen (secondary N) is 1. The zero-order chi connectivity index (χ0) is 24.0. The maximum atomic E-state index is 13.7. The number of aromatic nitrogens is 1. The van der Waals surface area contributed by atoms with Crippen molar-refractivity contribution in [3.8, 4) is 5.75 Å². The third kappa shape index (κ3) is 3.63. The number of esters is 1. The molecule has 2 amide bonds. The number of nitrogens with zero attached hydrogens (tertiary/aromatic N) is 1. The average molecular weight is 497 g/mol. The van der Waals surface area contributed by atoms with Crippen LogP contribution in [0.25, 0.3) is 0 Å². The van der Waals surface area contributed by atoms with Crippen molar-refractivity contribution in [1.82, 2.24) is 4.98 Å². The van der Waals surface area contributed by atoms with E-state index in [9.17, 15) is 19.2 Å². The van der Waals surface area contributed by atoms with Gasteiger partial charge in [-0.15, -0.1) is 0 Å². The lowest BCUT2D eigenvalue weighted by molar-refractivity contribution is -0.122. The molecule has 1 aromatic heterocycles. The summed E-state index contributed by atoms with van der Waals surface area (Å²) in [6.45, 7) is 1.97. The lowest BCUT2D eigenvalue weighted by Crippen LogP contribution is -2.32. The number of benzene rings is 2. The number of methoxy groups -OCH3 is 1. The second kappa shape index (κ2) is 8.77. The molecule has 34 heavy (non-hydrogen) atoms. The molecule has 174 valence electrons. The number of thiazole rings is 1. The van der Waals surface area contributed by atoms with Crippen molar-refractivity contribution in [2.24, 2.45) is 5.92 Å². The van der Waals surface area contributed by atoms with Gasteiger partial charge in [0.15, 0.2) is 0 Å². The number of carbonyl (C=O) groups is 3. The second-order valence-corrected chi connectivity index (χ2v) is 9.97. The SMILES string of the molecule is CCOC(=O)c1ccc(N2C(=O)C3Sc4[nH]c(=O)sc4[C@H](c4ccc(OC)cc4)C3C2=O)cc1. The van der Waals surface area contributed by atoms with Gasteiger partial charge in [-0.1, -0.05) is 35.2 Å². The van der Waals surface area contributed by atoms with E-state index in [1.165, 1.54) is 28.8 Å². The normalized spacial score (nSPS) is 21.2. The molecule has 3 atom stereocenters. The van der Waals surface area contributed by atoms with Crippen molar-refractivity contribution >= 4 is 46.6 Å². The van der Waals surface area contributed by atoms with Gasteiger partial charge in [0.05, 0.1) is 35.9 Å². The van der Waals surface area contributed by atoms with Crippen LogP contribution in [0.5, 0.6) is 5.75 Å². The number of thioether (sulfide) groups is 1. The molecule has 0 spiro atoms. The molecular weight excluding hydrogens is 476 g/mol. The molecule has 2 aliphatic rings. The standard InChI is InChI=1S/C24H20N2O6S2/c1-3-32-23(29)13-4-8-14(9-5-13)26-21(27)17-16(12-6-10-15(31-2)11-7-12)18-20(25-24(30)34-18)33-19(17)22(26)28/h4-11,16-17,19H,3H2,1-2H3,(H,25,30)/t16-,17?,19?/m1/s1. The van der Waals surface area contributed by atoms with E-state index in [1.807, 2.05) is 12.1 Å². The number of aromatic amines is 1. The topological polar surface area (TPSA) is 106 Å². The number of anilines is 1. The maximum absolute atomic E-state index is 13.7. The van der Waals surface area contributed by atoms with E-state index in [-0.39, 0.29) is 23.3 Å². The van der Waals surface area contributed by atoms with E-state index >= 15 is 0 Å². The summed E-state index contributed by atoms with van der Waals surface area (Å²) in [4.78, 5) is 55.8. The first-order valence-corrected chi connectivity index (χ1v) is 12.3. The number of amides is 2. The molecule has 1 N–H and O–H groups in total. The van der Waals surface area contributed by atoms with Gasteiger partial charge in [0.1, 0.15) is 11.0 Å². The molecule has 0 saturated carbocycles. The zero-order valence-electron chi connectivity index (χ0n) is 18.3. The summed E-state index contributed by atoms with van der Waals surface area (Å²) in [5.74, 6) is -1.60. The highest BCUT2D eigenvalue weighted by atomic mass is 32.2. The molecule has 0 radical (unpaired) electrons. The monoisotopic (exact) mass is 496 g/mol. The summed E-state index contributed by atoms with van der Waals surface area (Å²) in [5, 5.41) is -0.0557. The number of fused-ring (bicyclic) bond motifs is 2. The Morgan fingerprint density at radius 2 is 1.74 bits per heavy atom. The fourth-order valence-corrected chi connectivity index (χ4v) is 6.92. The number of imide groups is 1. The second-order valence-electron chi connectivity index (χ2n) is 7.80. The molecule has 8 nitrogen and oxygen atoms in total. The van der Waals surface area contributed by atoms with E-state index in [4.69, 9.17) is 9.47 Å². The molecule has 0 aliphatic carbocycles. The summed E-state index contributed by atoms with van der Waals surface area (Å²) >= 11 is 2.29. The Hall–Kier alpha value is -3.37. The van der Waals surface area contributed by atoms with Gasteiger partial charge in [-0.25, -0.2) is 9.69 Å². The predicted molar refractivity (Wildman–Crippen MR) is 128 cm³/mol. The molecule has 5 rings (SSSR count). The van der Waals surface area contributed by atoms with Crippen molar-refractivity contribution in [3.63, 3.8) is 0 Å². The van der Waals surface area contributed by atoms with Crippen molar-refractivity contribution in [2.75, 3.05) is 18.6 Å². The third-order valence-electron chi connectivity index (χ3n) is 5.94. The number of hydrogen-bond donors (Lipinski definition) is 1. The smallest absolute Gasteiger partial charge is 0.338 e. The number of hydrogen-bond acceptors (Lipinski definition) is 8. The van der Waals surface area contributed by atoms with Crippen LogP contribution in [-0.2, 0) is 14.3 Å². The van der Waals surface area contributed by atoms with Gasteiger partial charge in [0, 0.05) is 10.8 Å². The molecule has 1 saturated heterocycles. The fraction of sp³-hybridized carbons (Fsp3) is 0.250. The summed E-state index contributed by atoms with van der Waals surface area (Å²) in [5.41, 5.74) is 1.56. The van der Waals surface area contributed by atoms with Crippen LogP contribution in [-0.4, -0.2) is 41.7 Å². The average Bonchev–Trinajstić information content (AvgIpc) is 3.34. The quantitative estimate of drug-likeness (QED) is 0.426. The van der Waals surface area contributed by atoms with Gasteiger partial charge in [-0.2, -0.15) is 0 Å². The lowest BCUT2D eigenvalue weighted by Gasteiger charge is -2.29. The Kier molecular flexibility index (Phi) is 5.78. The minimum Gasteiger partial charge on any atom is -0.497 e. The minimum atomic E-state index is -0.679. The van der Waals surface area contributed by atoms with E-state index in [0.29, 0.717) is 22.0 Å². The summed E-state index contributed by atoms with van der Waals surface area (Å²) in [7, 11) is 1.57. The Balaban J connectivity index is 1.54. The zero-order valence-corrected chi connectivity index (χ0v) is 19.9. The molecule has 2 unspecified atom stereocenters. The van der Waals surface area contributed by atoms with Gasteiger partial charge in [-0.3, -0.25) is 14.4 Å². The highest BCUT2D eigenvalue weighted by Gasteiger charge is 2.56. The van der Waals surface area contributed by atoms with Crippen LogP contribution in [0.15, 0.2) is 58.4 Å². The number of ether oxygens (including phenoxy) is 2. The molecule has 10 heteroatoms. The van der Waals surface area contributed by atoms with E-state index in [0.717, 1.165) is 21.8 Å². The number of rotatable bonds is 5. The third-order valence-corrected chi connectivity index (χ3v) is 8.34. The first kappa shape index (κ1) is 22.4. The van der Waals surface area contributed by atoms with Gasteiger partial charge < -0.3 is 14.5 Å². The van der Waals surface area contributed by atoms with Crippen LogP contribution < -0.4 is 14.5 Å². The highest BCUT2D eigenvalue weighted by molar-refractivity contribution is 8.00. The lowest BCUT2D eigenvalue weighted by atomic mass is 9.83. The van der Waals surface area contributed by atoms with Crippen LogP contribution in [0.3, 0.4) is 0 Å². The first-order valence-electron chi connectivity index (χ1n) is 10.6. The summed E-state index contributed by atoms with van der Waals surface area (Å²) in [6.07, 6.45) is 0. The van der Waals surface area contributed by atoms with Crippen LogP contribution in [0.2, 0.25) is 0 Å². The molecule has 0 bridgehead atoms. The Morgan fingerprint density at radius 3 is 2.38 bits per heavy atom. The highest BCUT2D eigenvalue weighted by Crippen LogP contribution is 2.53. The van der Waals surface area contributed by atoms with Gasteiger partial charge in [0.25, 0.3) is 0 Å².